The first kappa shape index (κ1) is 19.4. The van der Waals surface area contributed by atoms with Gasteiger partial charge in [-0.1, -0.05) is 12.1 Å². The fourth-order valence-electron chi connectivity index (χ4n) is 2.37. The second-order valence-electron chi connectivity index (χ2n) is 4.32. The van der Waals surface area contributed by atoms with E-state index in [0.29, 0.717) is 5.56 Å². The third-order valence-electron chi connectivity index (χ3n) is 3.30. The van der Waals surface area contributed by atoms with E-state index in [4.69, 9.17) is 4.74 Å². The van der Waals surface area contributed by atoms with Crippen LogP contribution in [0.1, 0.15) is 11.6 Å². The highest BCUT2D eigenvalue weighted by Gasteiger charge is 2.25. The van der Waals surface area contributed by atoms with Crippen LogP contribution in [0.25, 0.3) is 0 Å². The Morgan fingerprint density at radius 3 is 2.50 bits per heavy atom. The van der Waals surface area contributed by atoms with Crippen molar-refractivity contribution in [1.82, 2.24) is 10.2 Å². The molecule has 1 N–H and O–H groups in total. The van der Waals surface area contributed by atoms with Gasteiger partial charge in [-0.2, -0.15) is 0 Å². The summed E-state index contributed by atoms with van der Waals surface area (Å²) in [5, 5.41) is 3.22. The highest BCUT2D eigenvalue weighted by Crippen LogP contribution is 2.32. The Balaban J connectivity index is 0.00000180. The van der Waals surface area contributed by atoms with Crippen LogP contribution in [0.4, 0.5) is 8.78 Å². The molecule has 0 unspecified atom stereocenters. The summed E-state index contributed by atoms with van der Waals surface area (Å²) in [4.78, 5) is 2.02. The van der Waals surface area contributed by atoms with E-state index in [-0.39, 0.29) is 30.6 Å². The number of para-hydroxylation sites is 1. The molecule has 0 bridgehead atoms. The molecule has 1 heterocycles. The minimum absolute atomic E-state index is 0. The Labute approximate surface area is 130 Å². The zero-order chi connectivity index (χ0) is 13.0. The van der Waals surface area contributed by atoms with Crippen molar-refractivity contribution in [1.29, 1.82) is 0 Å². The summed E-state index contributed by atoms with van der Waals surface area (Å²) in [6.07, 6.45) is 0. The molecule has 7 heteroatoms. The van der Waals surface area contributed by atoms with Gasteiger partial charge < -0.3 is 10.1 Å². The minimum atomic E-state index is -0.542. The number of rotatable bonds is 4. The highest BCUT2D eigenvalue weighted by atomic mass is 35.5. The van der Waals surface area contributed by atoms with Gasteiger partial charge in [0.05, 0.1) is 13.2 Å². The van der Waals surface area contributed by atoms with Gasteiger partial charge in [0.25, 0.3) is 0 Å². The molecule has 1 saturated heterocycles. The molecule has 1 atom stereocenters. The van der Waals surface area contributed by atoms with Crippen molar-refractivity contribution in [3.63, 3.8) is 0 Å². The Hall–Kier alpha value is -0.620. The molecule has 0 aliphatic carbocycles. The summed E-state index contributed by atoms with van der Waals surface area (Å²) >= 11 is 0. The van der Waals surface area contributed by atoms with Gasteiger partial charge in [0, 0.05) is 31.7 Å². The molecule has 0 amide bonds. The summed E-state index contributed by atoms with van der Waals surface area (Å²) in [5.41, 5.74) is 0.585. The van der Waals surface area contributed by atoms with E-state index in [9.17, 15) is 8.78 Å². The van der Waals surface area contributed by atoms with Crippen LogP contribution in [0, 0.1) is 5.82 Å². The lowest BCUT2D eigenvalue weighted by Gasteiger charge is -2.34. The average molecular weight is 329 g/mol. The molecule has 1 aromatic carbocycles. The van der Waals surface area contributed by atoms with Crippen molar-refractivity contribution in [2.45, 2.75) is 6.04 Å². The molecule has 1 aromatic rings. The molecule has 3 nitrogen and oxygen atoms in total. The van der Waals surface area contributed by atoms with Crippen molar-refractivity contribution < 1.29 is 13.5 Å². The first-order chi connectivity index (χ1) is 8.77. The molecular weight excluding hydrogens is 309 g/mol. The maximum atomic E-state index is 13.6. The third kappa shape index (κ3) is 4.19. The Morgan fingerprint density at radius 2 is 1.95 bits per heavy atom. The summed E-state index contributed by atoms with van der Waals surface area (Å²) in [5.74, 6) is -0.290. The maximum Gasteiger partial charge on any atom is 0.165 e. The molecule has 116 valence electrons. The van der Waals surface area contributed by atoms with E-state index in [1.807, 2.05) is 4.90 Å². The second-order valence-corrected chi connectivity index (χ2v) is 4.32. The normalized spacial score (nSPS) is 16.8. The predicted octanol–water partition coefficient (Wildman–Crippen LogP) is 2.59. The van der Waals surface area contributed by atoms with Crippen LogP contribution < -0.4 is 10.1 Å². The summed E-state index contributed by atoms with van der Waals surface area (Å²) in [6, 6.07) is 4.22. The van der Waals surface area contributed by atoms with Gasteiger partial charge >= 0.3 is 0 Å². The molecule has 1 aliphatic rings. The monoisotopic (exact) mass is 328 g/mol. The molecule has 0 aromatic heterocycles. The number of alkyl halides is 1. The molecule has 0 radical (unpaired) electrons. The molecule has 0 saturated carbocycles. The Bertz CT molecular complexity index is 404. The quantitative estimate of drug-likeness (QED) is 0.919. The molecule has 20 heavy (non-hydrogen) atoms. The Kier molecular flexibility index (Phi) is 9.05. The molecule has 1 fully saturated rings. The van der Waals surface area contributed by atoms with Gasteiger partial charge in [0.1, 0.15) is 6.67 Å². The maximum absolute atomic E-state index is 13.6. The van der Waals surface area contributed by atoms with E-state index >= 15 is 0 Å². The van der Waals surface area contributed by atoms with Gasteiger partial charge in [0.2, 0.25) is 0 Å². The zero-order valence-corrected chi connectivity index (χ0v) is 12.9. The van der Waals surface area contributed by atoms with E-state index in [1.165, 1.54) is 13.2 Å². The van der Waals surface area contributed by atoms with Crippen LogP contribution in [-0.4, -0.2) is 44.9 Å². The molecule has 0 spiro atoms. The van der Waals surface area contributed by atoms with Crippen LogP contribution >= 0.6 is 24.8 Å². The fourth-order valence-corrected chi connectivity index (χ4v) is 2.37. The number of ether oxygens (including phenoxy) is 1. The number of hydrogen-bond acceptors (Lipinski definition) is 3. The van der Waals surface area contributed by atoms with Crippen LogP contribution in [-0.2, 0) is 0 Å². The standard InChI is InChI=1S/C13H18F2N2O.2ClH/c1-18-13-10(3-2-4-11(13)15)12(9-14)17-7-5-16-6-8-17;;/h2-4,12,16H,5-9H2,1H3;2*1H/t12-;;/m1../s1. The SMILES string of the molecule is COc1c(F)cccc1[C@@H](CF)N1CCNCC1.Cl.Cl. The van der Waals surface area contributed by atoms with E-state index < -0.39 is 18.5 Å². The third-order valence-corrected chi connectivity index (χ3v) is 3.30. The topological polar surface area (TPSA) is 24.5 Å². The van der Waals surface area contributed by atoms with Crippen LogP contribution in [0.5, 0.6) is 5.75 Å². The summed E-state index contributed by atoms with van der Waals surface area (Å²) in [6.45, 7) is 2.63. The molecule has 1 aliphatic heterocycles. The lowest BCUT2D eigenvalue weighted by molar-refractivity contribution is 0.144. The van der Waals surface area contributed by atoms with Crippen molar-refractivity contribution in [2.24, 2.45) is 0 Å². The first-order valence-corrected chi connectivity index (χ1v) is 6.11. The van der Waals surface area contributed by atoms with E-state index in [0.717, 1.165) is 26.2 Å². The number of nitrogens with one attached hydrogen (secondary N) is 1. The van der Waals surface area contributed by atoms with Crippen LogP contribution in [0.15, 0.2) is 18.2 Å². The minimum Gasteiger partial charge on any atom is -0.493 e. The van der Waals surface area contributed by atoms with Crippen LogP contribution in [0.2, 0.25) is 0 Å². The number of nitrogens with zero attached hydrogens (tertiary/aromatic N) is 1. The number of piperazine rings is 1. The number of hydrogen-bond donors (Lipinski definition) is 1. The Morgan fingerprint density at radius 1 is 1.30 bits per heavy atom. The fraction of sp³-hybridized carbons (Fsp3) is 0.538. The summed E-state index contributed by atoms with van der Waals surface area (Å²) < 4.78 is 32.0. The van der Waals surface area contributed by atoms with Gasteiger partial charge in [0.15, 0.2) is 11.6 Å². The van der Waals surface area contributed by atoms with E-state index in [1.54, 1.807) is 12.1 Å². The largest absolute Gasteiger partial charge is 0.493 e. The molecule has 2 rings (SSSR count). The predicted molar refractivity (Wildman–Crippen MR) is 80.6 cm³/mol. The molecular formula is C13H20Cl2F2N2O. The smallest absolute Gasteiger partial charge is 0.165 e. The van der Waals surface area contributed by atoms with Gasteiger partial charge in [-0.25, -0.2) is 8.78 Å². The van der Waals surface area contributed by atoms with Gasteiger partial charge in [-0.15, -0.1) is 24.8 Å². The van der Waals surface area contributed by atoms with Gasteiger partial charge in [-0.05, 0) is 6.07 Å². The van der Waals surface area contributed by atoms with Crippen molar-refractivity contribution in [3.8, 4) is 5.75 Å². The number of methoxy groups -OCH3 is 1. The first-order valence-electron chi connectivity index (χ1n) is 6.11. The van der Waals surface area contributed by atoms with E-state index in [2.05, 4.69) is 5.32 Å². The zero-order valence-electron chi connectivity index (χ0n) is 11.3. The van der Waals surface area contributed by atoms with Crippen molar-refractivity contribution in [2.75, 3.05) is 40.0 Å². The van der Waals surface area contributed by atoms with Crippen molar-refractivity contribution in [3.05, 3.63) is 29.6 Å². The van der Waals surface area contributed by atoms with Crippen molar-refractivity contribution >= 4 is 24.8 Å². The number of benzene rings is 1. The lowest BCUT2D eigenvalue weighted by Crippen LogP contribution is -2.45. The van der Waals surface area contributed by atoms with Gasteiger partial charge in [-0.3, -0.25) is 4.90 Å². The number of halogens is 4. The lowest BCUT2D eigenvalue weighted by atomic mass is 10.0. The average Bonchev–Trinajstić information content (AvgIpc) is 2.41. The second kappa shape index (κ2) is 9.34. The highest BCUT2D eigenvalue weighted by molar-refractivity contribution is 5.85. The van der Waals surface area contributed by atoms with Crippen LogP contribution in [0.3, 0.4) is 0 Å². The summed E-state index contributed by atoms with van der Waals surface area (Å²) in [7, 11) is 1.41.